The van der Waals surface area contributed by atoms with Gasteiger partial charge in [-0.2, -0.15) is 0 Å². The van der Waals surface area contributed by atoms with Crippen LogP contribution in [0.5, 0.6) is 0 Å². The third-order valence-corrected chi connectivity index (χ3v) is 5.21. The lowest BCUT2D eigenvalue weighted by molar-refractivity contribution is -0.121. The predicted molar refractivity (Wildman–Crippen MR) is 106 cm³/mol. The molecule has 1 amide bonds. The van der Waals surface area contributed by atoms with Crippen LogP contribution >= 0.6 is 0 Å². The van der Waals surface area contributed by atoms with Crippen LogP contribution in [0.3, 0.4) is 0 Å². The van der Waals surface area contributed by atoms with Crippen LogP contribution in [0.4, 0.5) is 4.39 Å². The summed E-state index contributed by atoms with van der Waals surface area (Å²) in [4.78, 5) is 17.0. The molecule has 1 fully saturated rings. The smallest absolute Gasteiger partial charge is 0.220 e. The molecule has 1 N–H and O–H groups in total. The first-order valence-corrected chi connectivity index (χ1v) is 9.60. The van der Waals surface area contributed by atoms with E-state index >= 15 is 0 Å². The average molecular weight is 369 g/mol. The molecule has 0 aliphatic carbocycles. The maximum absolute atomic E-state index is 13.3. The van der Waals surface area contributed by atoms with Crippen molar-refractivity contribution in [3.63, 3.8) is 0 Å². The molecule has 0 saturated carbocycles. The zero-order chi connectivity index (χ0) is 19.1. The van der Waals surface area contributed by atoms with Crippen molar-refractivity contribution in [3.05, 3.63) is 71.5 Å². The number of likely N-dealkylation sites (N-methyl/N-ethyl adjacent to an activating group) is 1. The molecule has 1 unspecified atom stereocenters. The van der Waals surface area contributed by atoms with E-state index in [1.807, 2.05) is 42.5 Å². The van der Waals surface area contributed by atoms with Crippen LogP contribution in [0.2, 0.25) is 0 Å². The minimum Gasteiger partial charge on any atom is -0.354 e. The van der Waals surface area contributed by atoms with E-state index in [4.69, 9.17) is 0 Å². The molecule has 1 aliphatic heterocycles. The molecule has 1 heterocycles. The van der Waals surface area contributed by atoms with Crippen molar-refractivity contribution in [2.75, 3.05) is 39.8 Å². The van der Waals surface area contributed by atoms with Crippen LogP contribution in [0.15, 0.2) is 54.6 Å². The Balaban J connectivity index is 1.59. The summed E-state index contributed by atoms with van der Waals surface area (Å²) in [5, 5.41) is 3.09. The van der Waals surface area contributed by atoms with Crippen LogP contribution in [0, 0.1) is 5.82 Å². The van der Waals surface area contributed by atoms with Gasteiger partial charge in [0.25, 0.3) is 0 Å². The molecule has 1 saturated heterocycles. The molecule has 5 heteroatoms. The molecule has 2 aromatic rings. The zero-order valence-corrected chi connectivity index (χ0v) is 15.9. The van der Waals surface area contributed by atoms with Gasteiger partial charge in [0, 0.05) is 39.1 Å². The molecule has 0 bridgehead atoms. The summed E-state index contributed by atoms with van der Waals surface area (Å²) in [6, 6.07) is 16.8. The molecule has 1 atom stereocenters. The molecule has 0 radical (unpaired) electrons. The Morgan fingerprint density at radius 3 is 2.37 bits per heavy atom. The standard InChI is InChI=1S/C22H28FN3O/c1-25-13-15-26(16-14-25)21(19-8-10-20(23)11-9-19)17-24-22(27)12-7-18-5-3-2-4-6-18/h2-6,8-11,21H,7,12-17H2,1H3,(H,24,27). The molecule has 2 aromatic carbocycles. The highest BCUT2D eigenvalue weighted by atomic mass is 19.1. The van der Waals surface area contributed by atoms with Gasteiger partial charge in [0.2, 0.25) is 5.91 Å². The first kappa shape index (κ1) is 19.5. The maximum atomic E-state index is 13.3. The Hall–Kier alpha value is -2.24. The fraction of sp³-hybridized carbons (Fsp3) is 0.409. The van der Waals surface area contributed by atoms with Gasteiger partial charge in [-0.25, -0.2) is 4.39 Å². The number of aryl methyl sites for hydroxylation is 1. The normalized spacial score (nSPS) is 16.8. The number of nitrogens with zero attached hydrogens (tertiary/aromatic N) is 2. The largest absolute Gasteiger partial charge is 0.354 e. The molecule has 3 rings (SSSR count). The fourth-order valence-corrected chi connectivity index (χ4v) is 3.48. The summed E-state index contributed by atoms with van der Waals surface area (Å²) in [6.07, 6.45) is 1.21. The van der Waals surface area contributed by atoms with Gasteiger partial charge in [-0.1, -0.05) is 42.5 Å². The summed E-state index contributed by atoms with van der Waals surface area (Å²) in [6.45, 7) is 4.43. The summed E-state index contributed by atoms with van der Waals surface area (Å²) < 4.78 is 13.3. The number of rotatable bonds is 7. The quantitative estimate of drug-likeness (QED) is 0.815. The zero-order valence-electron chi connectivity index (χ0n) is 15.9. The number of hydrogen-bond acceptors (Lipinski definition) is 3. The fourth-order valence-electron chi connectivity index (χ4n) is 3.48. The van der Waals surface area contributed by atoms with Crippen molar-refractivity contribution in [1.29, 1.82) is 0 Å². The monoisotopic (exact) mass is 369 g/mol. The van der Waals surface area contributed by atoms with Gasteiger partial charge < -0.3 is 10.2 Å². The van der Waals surface area contributed by atoms with Gasteiger partial charge >= 0.3 is 0 Å². The van der Waals surface area contributed by atoms with Gasteiger partial charge in [0.1, 0.15) is 5.82 Å². The first-order chi connectivity index (χ1) is 13.1. The van der Waals surface area contributed by atoms with E-state index in [9.17, 15) is 9.18 Å². The molecule has 4 nitrogen and oxygen atoms in total. The Kier molecular flexibility index (Phi) is 6.96. The van der Waals surface area contributed by atoms with E-state index in [1.54, 1.807) is 0 Å². The topological polar surface area (TPSA) is 35.6 Å². The number of hydrogen-bond donors (Lipinski definition) is 1. The number of nitrogens with one attached hydrogen (secondary N) is 1. The summed E-state index contributed by atoms with van der Waals surface area (Å²) in [5.74, 6) is -0.178. The average Bonchev–Trinajstić information content (AvgIpc) is 2.70. The third-order valence-electron chi connectivity index (χ3n) is 5.21. The van der Waals surface area contributed by atoms with E-state index in [0.29, 0.717) is 13.0 Å². The van der Waals surface area contributed by atoms with Crippen LogP contribution in [-0.4, -0.2) is 55.5 Å². The Morgan fingerprint density at radius 2 is 1.70 bits per heavy atom. The van der Waals surface area contributed by atoms with E-state index in [0.717, 1.165) is 38.2 Å². The van der Waals surface area contributed by atoms with Crippen molar-refractivity contribution in [2.24, 2.45) is 0 Å². The van der Waals surface area contributed by atoms with Gasteiger partial charge in [-0.05, 0) is 36.7 Å². The highest BCUT2D eigenvalue weighted by Crippen LogP contribution is 2.22. The number of carbonyl (C=O) groups is 1. The number of halogens is 1. The second-order valence-electron chi connectivity index (χ2n) is 7.20. The second kappa shape index (κ2) is 9.62. The minimum atomic E-state index is -0.234. The minimum absolute atomic E-state index is 0.0556. The molecular formula is C22H28FN3O. The lowest BCUT2D eigenvalue weighted by Gasteiger charge is -2.38. The van der Waals surface area contributed by atoms with Crippen molar-refractivity contribution in [2.45, 2.75) is 18.9 Å². The van der Waals surface area contributed by atoms with E-state index in [1.165, 1.54) is 17.7 Å². The van der Waals surface area contributed by atoms with Crippen LogP contribution in [-0.2, 0) is 11.2 Å². The van der Waals surface area contributed by atoms with Crippen molar-refractivity contribution in [3.8, 4) is 0 Å². The first-order valence-electron chi connectivity index (χ1n) is 9.60. The third kappa shape index (κ3) is 5.88. The number of carbonyl (C=O) groups excluding carboxylic acids is 1. The Morgan fingerprint density at radius 1 is 1.04 bits per heavy atom. The Bertz CT molecular complexity index is 712. The van der Waals surface area contributed by atoms with Crippen LogP contribution in [0.25, 0.3) is 0 Å². The lowest BCUT2D eigenvalue weighted by atomic mass is 10.0. The van der Waals surface area contributed by atoms with Crippen molar-refractivity contribution >= 4 is 5.91 Å². The molecule has 1 aliphatic rings. The highest BCUT2D eigenvalue weighted by molar-refractivity contribution is 5.76. The molecule has 144 valence electrons. The predicted octanol–water partition coefficient (Wildman–Crippen LogP) is 2.86. The SMILES string of the molecule is CN1CCN(C(CNC(=O)CCc2ccccc2)c2ccc(F)cc2)CC1. The van der Waals surface area contributed by atoms with Crippen LogP contribution in [0.1, 0.15) is 23.6 Å². The van der Waals surface area contributed by atoms with Gasteiger partial charge in [0.05, 0.1) is 6.04 Å². The second-order valence-corrected chi connectivity index (χ2v) is 7.20. The van der Waals surface area contributed by atoms with Crippen LogP contribution < -0.4 is 5.32 Å². The van der Waals surface area contributed by atoms with Crippen molar-refractivity contribution < 1.29 is 9.18 Å². The van der Waals surface area contributed by atoms with Gasteiger partial charge in [0.15, 0.2) is 0 Å². The number of amides is 1. The number of benzene rings is 2. The Labute approximate surface area is 161 Å². The molecule has 27 heavy (non-hydrogen) atoms. The summed E-state index contributed by atoms with van der Waals surface area (Å²) in [7, 11) is 2.12. The van der Waals surface area contributed by atoms with Gasteiger partial charge in [-0.15, -0.1) is 0 Å². The van der Waals surface area contributed by atoms with E-state index in [-0.39, 0.29) is 17.8 Å². The number of piperazine rings is 1. The summed E-state index contributed by atoms with van der Waals surface area (Å²) >= 11 is 0. The molecule has 0 aromatic heterocycles. The molecule has 0 spiro atoms. The maximum Gasteiger partial charge on any atom is 0.220 e. The van der Waals surface area contributed by atoms with Gasteiger partial charge in [-0.3, -0.25) is 9.69 Å². The van der Waals surface area contributed by atoms with E-state index < -0.39 is 0 Å². The highest BCUT2D eigenvalue weighted by Gasteiger charge is 2.24. The molecular weight excluding hydrogens is 341 g/mol. The van der Waals surface area contributed by atoms with E-state index in [2.05, 4.69) is 22.2 Å². The van der Waals surface area contributed by atoms with Crippen molar-refractivity contribution in [1.82, 2.24) is 15.1 Å². The lowest BCUT2D eigenvalue weighted by Crippen LogP contribution is -2.48. The summed E-state index contributed by atoms with van der Waals surface area (Å²) in [5.41, 5.74) is 2.21.